The Kier molecular flexibility index (Phi) is 5.76. The van der Waals surface area contributed by atoms with Gasteiger partial charge in [-0.3, -0.25) is 14.4 Å². The van der Waals surface area contributed by atoms with Gasteiger partial charge in [-0.25, -0.2) is 0 Å². The van der Waals surface area contributed by atoms with E-state index in [0.717, 1.165) is 12.8 Å². The standard InChI is InChI=1S/C22H25N3O4/c26-20(18-8-9-23-15-18)16-4-6-17(7-5-16)21(27)25-10-2-1-3-19(25)22(28)24-11-13-29-14-12-24/h4-9,15,19,23H,1-3,10-14H2. The summed E-state index contributed by atoms with van der Waals surface area (Å²) in [5, 5.41) is 0. The number of aromatic amines is 1. The number of morpholine rings is 1. The molecule has 7 nitrogen and oxygen atoms in total. The van der Waals surface area contributed by atoms with E-state index in [1.807, 2.05) is 0 Å². The molecule has 2 aliphatic rings. The Balaban J connectivity index is 1.49. The molecule has 1 unspecified atom stereocenters. The van der Waals surface area contributed by atoms with Crippen molar-refractivity contribution in [3.8, 4) is 0 Å². The van der Waals surface area contributed by atoms with Crippen molar-refractivity contribution in [1.82, 2.24) is 14.8 Å². The minimum Gasteiger partial charge on any atom is -0.378 e. The zero-order valence-electron chi connectivity index (χ0n) is 16.3. The van der Waals surface area contributed by atoms with Crippen LogP contribution in [0.4, 0.5) is 0 Å². The van der Waals surface area contributed by atoms with Gasteiger partial charge in [0.25, 0.3) is 5.91 Å². The highest BCUT2D eigenvalue weighted by Gasteiger charge is 2.35. The van der Waals surface area contributed by atoms with Gasteiger partial charge in [0.05, 0.1) is 13.2 Å². The number of nitrogens with zero attached hydrogens (tertiary/aromatic N) is 2. The normalized spacial score (nSPS) is 19.8. The van der Waals surface area contributed by atoms with Crippen LogP contribution in [-0.4, -0.2) is 71.3 Å². The number of ketones is 1. The van der Waals surface area contributed by atoms with E-state index in [9.17, 15) is 14.4 Å². The third kappa shape index (κ3) is 4.10. The number of carbonyl (C=O) groups excluding carboxylic acids is 3. The molecule has 29 heavy (non-hydrogen) atoms. The Morgan fingerprint density at radius 1 is 0.897 bits per heavy atom. The number of hydrogen-bond acceptors (Lipinski definition) is 4. The van der Waals surface area contributed by atoms with Crippen molar-refractivity contribution in [1.29, 1.82) is 0 Å². The van der Waals surface area contributed by atoms with Gasteiger partial charge in [-0.2, -0.15) is 0 Å². The Labute approximate surface area is 169 Å². The molecule has 3 heterocycles. The van der Waals surface area contributed by atoms with E-state index in [-0.39, 0.29) is 17.6 Å². The van der Waals surface area contributed by atoms with Crippen LogP contribution in [0.5, 0.6) is 0 Å². The van der Waals surface area contributed by atoms with Crippen LogP contribution >= 0.6 is 0 Å². The topological polar surface area (TPSA) is 82.7 Å². The molecule has 1 aromatic heterocycles. The van der Waals surface area contributed by atoms with Crippen LogP contribution in [0.1, 0.15) is 45.5 Å². The molecule has 2 aliphatic heterocycles. The van der Waals surface area contributed by atoms with Crippen LogP contribution < -0.4 is 0 Å². The Bertz CT molecular complexity index is 870. The predicted molar refractivity (Wildman–Crippen MR) is 107 cm³/mol. The average molecular weight is 395 g/mol. The third-order valence-electron chi connectivity index (χ3n) is 5.63. The van der Waals surface area contributed by atoms with Crippen LogP contribution in [0, 0.1) is 0 Å². The molecule has 152 valence electrons. The summed E-state index contributed by atoms with van der Waals surface area (Å²) < 4.78 is 5.33. The fourth-order valence-electron chi connectivity index (χ4n) is 3.99. The molecule has 2 saturated heterocycles. The second-order valence-electron chi connectivity index (χ2n) is 7.45. The minimum absolute atomic E-state index is 0.0144. The summed E-state index contributed by atoms with van der Waals surface area (Å²) in [5.41, 5.74) is 1.61. The number of nitrogens with one attached hydrogen (secondary N) is 1. The largest absolute Gasteiger partial charge is 0.378 e. The van der Waals surface area contributed by atoms with Gasteiger partial charge in [-0.15, -0.1) is 0 Å². The summed E-state index contributed by atoms with van der Waals surface area (Å²) in [6, 6.07) is 7.99. The monoisotopic (exact) mass is 395 g/mol. The fraction of sp³-hybridized carbons (Fsp3) is 0.409. The second-order valence-corrected chi connectivity index (χ2v) is 7.45. The molecule has 0 aliphatic carbocycles. The number of rotatable bonds is 4. The van der Waals surface area contributed by atoms with Gasteiger partial charge in [0.2, 0.25) is 5.91 Å². The Morgan fingerprint density at radius 2 is 1.62 bits per heavy atom. The SMILES string of the molecule is O=C(c1ccc(C(=O)N2CCCCC2C(=O)N2CCOCC2)cc1)c1cc[nH]c1. The van der Waals surface area contributed by atoms with Gasteiger partial charge < -0.3 is 19.5 Å². The van der Waals surface area contributed by atoms with E-state index in [4.69, 9.17) is 4.74 Å². The first-order valence-corrected chi connectivity index (χ1v) is 10.1. The molecule has 1 N–H and O–H groups in total. The number of piperidine rings is 1. The molecule has 0 spiro atoms. The zero-order chi connectivity index (χ0) is 20.2. The highest BCUT2D eigenvalue weighted by atomic mass is 16.5. The van der Waals surface area contributed by atoms with Gasteiger partial charge >= 0.3 is 0 Å². The fourth-order valence-corrected chi connectivity index (χ4v) is 3.99. The lowest BCUT2D eigenvalue weighted by Crippen LogP contribution is -2.55. The van der Waals surface area contributed by atoms with Gasteiger partial charge in [-0.05, 0) is 37.5 Å². The molecule has 1 atom stereocenters. The van der Waals surface area contributed by atoms with Gasteiger partial charge in [0, 0.05) is 48.7 Å². The molecule has 0 radical (unpaired) electrons. The van der Waals surface area contributed by atoms with Crippen LogP contribution in [0.15, 0.2) is 42.7 Å². The zero-order valence-corrected chi connectivity index (χ0v) is 16.3. The van der Waals surface area contributed by atoms with Crippen molar-refractivity contribution < 1.29 is 19.1 Å². The smallest absolute Gasteiger partial charge is 0.254 e. The number of amides is 2. The number of aromatic nitrogens is 1. The molecule has 0 saturated carbocycles. The first-order chi connectivity index (χ1) is 14.1. The number of hydrogen-bond donors (Lipinski definition) is 1. The molecule has 2 amide bonds. The van der Waals surface area contributed by atoms with Crippen LogP contribution in [-0.2, 0) is 9.53 Å². The highest BCUT2D eigenvalue weighted by molar-refractivity contribution is 6.09. The highest BCUT2D eigenvalue weighted by Crippen LogP contribution is 2.22. The van der Waals surface area contributed by atoms with E-state index in [0.29, 0.717) is 56.0 Å². The van der Waals surface area contributed by atoms with E-state index < -0.39 is 6.04 Å². The number of likely N-dealkylation sites (tertiary alicyclic amines) is 1. The number of carbonyl (C=O) groups is 3. The first kappa shape index (κ1) is 19.4. The molecular formula is C22H25N3O4. The van der Waals surface area contributed by atoms with Crippen molar-refractivity contribution >= 4 is 17.6 Å². The van der Waals surface area contributed by atoms with Crippen molar-refractivity contribution in [2.45, 2.75) is 25.3 Å². The molecule has 4 rings (SSSR count). The summed E-state index contributed by atoms with van der Waals surface area (Å²) in [7, 11) is 0. The van der Waals surface area contributed by atoms with Gasteiger partial charge in [0.15, 0.2) is 5.78 Å². The molecule has 1 aromatic carbocycles. The molecular weight excluding hydrogens is 370 g/mol. The predicted octanol–water partition coefficient (Wildman–Crippen LogP) is 2.10. The summed E-state index contributed by atoms with van der Waals surface area (Å²) in [4.78, 5) is 45.0. The van der Waals surface area contributed by atoms with E-state index in [2.05, 4.69) is 4.98 Å². The molecule has 2 aromatic rings. The summed E-state index contributed by atoms with van der Waals surface area (Å²) >= 11 is 0. The van der Waals surface area contributed by atoms with E-state index in [1.54, 1.807) is 52.5 Å². The maximum atomic E-state index is 13.1. The van der Waals surface area contributed by atoms with E-state index in [1.165, 1.54) is 0 Å². The van der Waals surface area contributed by atoms with Crippen molar-refractivity contribution in [3.05, 3.63) is 59.4 Å². The minimum atomic E-state index is -0.421. The average Bonchev–Trinajstić information content (AvgIpc) is 3.33. The van der Waals surface area contributed by atoms with Gasteiger partial charge in [-0.1, -0.05) is 12.1 Å². The lowest BCUT2D eigenvalue weighted by molar-refractivity contribution is -0.141. The summed E-state index contributed by atoms with van der Waals surface area (Å²) in [6.45, 7) is 2.82. The number of benzene rings is 1. The van der Waals surface area contributed by atoms with Crippen LogP contribution in [0.2, 0.25) is 0 Å². The molecule has 7 heteroatoms. The number of ether oxygens (including phenoxy) is 1. The third-order valence-corrected chi connectivity index (χ3v) is 5.63. The first-order valence-electron chi connectivity index (χ1n) is 10.1. The lowest BCUT2D eigenvalue weighted by Gasteiger charge is -2.38. The van der Waals surface area contributed by atoms with Crippen LogP contribution in [0.25, 0.3) is 0 Å². The van der Waals surface area contributed by atoms with Crippen molar-refractivity contribution in [3.63, 3.8) is 0 Å². The lowest BCUT2D eigenvalue weighted by atomic mass is 9.98. The van der Waals surface area contributed by atoms with Crippen molar-refractivity contribution in [2.75, 3.05) is 32.8 Å². The number of H-pyrrole nitrogens is 1. The maximum Gasteiger partial charge on any atom is 0.254 e. The quantitative estimate of drug-likeness (QED) is 0.804. The van der Waals surface area contributed by atoms with E-state index >= 15 is 0 Å². The van der Waals surface area contributed by atoms with Crippen LogP contribution in [0.3, 0.4) is 0 Å². The molecule has 0 bridgehead atoms. The molecule has 2 fully saturated rings. The Morgan fingerprint density at radius 3 is 2.31 bits per heavy atom. The Hall–Kier alpha value is -2.93. The maximum absolute atomic E-state index is 13.1. The van der Waals surface area contributed by atoms with Crippen molar-refractivity contribution in [2.24, 2.45) is 0 Å². The van der Waals surface area contributed by atoms with Gasteiger partial charge in [0.1, 0.15) is 6.04 Å². The summed E-state index contributed by atoms with van der Waals surface area (Å²) in [6.07, 6.45) is 5.87. The second kappa shape index (κ2) is 8.61. The summed E-state index contributed by atoms with van der Waals surface area (Å²) in [5.74, 6) is -0.235.